The highest BCUT2D eigenvalue weighted by atomic mass is 32.1. The van der Waals surface area contributed by atoms with E-state index in [9.17, 15) is 0 Å². The number of rotatable bonds is 1. The van der Waals surface area contributed by atoms with Gasteiger partial charge in [-0.15, -0.1) is 11.3 Å². The quantitative estimate of drug-likeness (QED) is 0.596. The summed E-state index contributed by atoms with van der Waals surface area (Å²) in [6.07, 6.45) is 1.81. The Hall–Kier alpha value is -1.67. The molecule has 3 aromatic rings. The normalized spacial score (nSPS) is 10.7. The highest BCUT2D eigenvalue weighted by Gasteiger charge is 2.04. The lowest BCUT2D eigenvalue weighted by molar-refractivity contribution is 1.34. The van der Waals surface area contributed by atoms with Crippen LogP contribution in [0.4, 0.5) is 0 Å². The molecule has 15 heavy (non-hydrogen) atoms. The van der Waals surface area contributed by atoms with Crippen molar-refractivity contribution in [1.29, 1.82) is 0 Å². The van der Waals surface area contributed by atoms with Crippen LogP contribution in [0.25, 0.3) is 20.7 Å². The van der Waals surface area contributed by atoms with Crippen molar-refractivity contribution in [2.45, 2.75) is 0 Å². The molecular weight excluding hydrogens is 202 g/mol. The molecular formula is C13H8NS. The highest BCUT2D eigenvalue weighted by molar-refractivity contribution is 7.22. The maximum absolute atomic E-state index is 4.32. The van der Waals surface area contributed by atoms with E-state index in [1.54, 1.807) is 11.3 Å². The molecule has 0 atom stereocenters. The molecule has 0 fully saturated rings. The minimum atomic E-state index is 0.999. The van der Waals surface area contributed by atoms with Crippen LogP contribution >= 0.6 is 11.3 Å². The number of hydrogen-bond acceptors (Lipinski definition) is 2. The van der Waals surface area contributed by atoms with Crippen LogP contribution in [0.1, 0.15) is 0 Å². The fraction of sp³-hybridized carbons (Fsp3) is 0. The lowest BCUT2D eigenvalue weighted by atomic mass is 10.2. The van der Waals surface area contributed by atoms with Crippen molar-refractivity contribution in [3.63, 3.8) is 0 Å². The summed E-state index contributed by atoms with van der Waals surface area (Å²) in [4.78, 5) is 5.43. The van der Waals surface area contributed by atoms with E-state index in [0.717, 1.165) is 10.6 Å². The van der Waals surface area contributed by atoms with Crippen molar-refractivity contribution >= 4 is 21.4 Å². The fourth-order valence-corrected chi connectivity index (χ4v) is 2.51. The van der Waals surface area contributed by atoms with Gasteiger partial charge in [0.2, 0.25) is 0 Å². The van der Waals surface area contributed by atoms with Gasteiger partial charge in [-0.3, -0.25) is 4.98 Å². The number of fused-ring (bicyclic) bond motifs is 1. The third kappa shape index (κ3) is 1.53. The van der Waals surface area contributed by atoms with Gasteiger partial charge in [-0.25, -0.2) is 0 Å². The Labute approximate surface area is 92.0 Å². The lowest BCUT2D eigenvalue weighted by Crippen LogP contribution is -1.75. The van der Waals surface area contributed by atoms with E-state index >= 15 is 0 Å². The summed E-state index contributed by atoms with van der Waals surface area (Å²) < 4.78 is 1.26. The molecule has 1 aromatic carbocycles. The van der Waals surface area contributed by atoms with Gasteiger partial charge in [-0.05, 0) is 18.2 Å². The molecule has 2 heterocycles. The number of benzene rings is 1. The van der Waals surface area contributed by atoms with Gasteiger partial charge < -0.3 is 0 Å². The lowest BCUT2D eigenvalue weighted by Gasteiger charge is -1.91. The average molecular weight is 210 g/mol. The van der Waals surface area contributed by atoms with Crippen LogP contribution in [-0.4, -0.2) is 4.98 Å². The zero-order valence-corrected chi connectivity index (χ0v) is 8.79. The van der Waals surface area contributed by atoms with E-state index in [-0.39, 0.29) is 0 Å². The molecule has 0 bridgehead atoms. The van der Waals surface area contributed by atoms with Crippen LogP contribution in [0, 0.1) is 6.07 Å². The number of hydrogen-bond donors (Lipinski definition) is 0. The van der Waals surface area contributed by atoms with Gasteiger partial charge in [0.1, 0.15) is 0 Å². The summed E-state index contributed by atoms with van der Waals surface area (Å²) >= 11 is 1.73. The number of pyridine rings is 1. The Bertz CT molecular complexity index is 551. The van der Waals surface area contributed by atoms with Crippen LogP contribution < -0.4 is 0 Å². The summed E-state index contributed by atoms with van der Waals surface area (Å²) in [6, 6.07) is 17.6. The molecule has 0 N–H and O–H groups in total. The predicted octanol–water partition coefficient (Wildman–Crippen LogP) is 3.76. The Morgan fingerprint density at radius 1 is 1.00 bits per heavy atom. The molecule has 0 saturated carbocycles. The summed E-state index contributed by atoms with van der Waals surface area (Å²) in [6.45, 7) is 0. The molecule has 0 aliphatic rings. The third-order valence-electron chi connectivity index (χ3n) is 2.24. The second-order valence-corrected chi connectivity index (χ2v) is 4.32. The molecule has 3 rings (SSSR count). The first-order valence-electron chi connectivity index (χ1n) is 4.76. The number of nitrogens with zero attached hydrogens (tertiary/aromatic N) is 1. The minimum absolute atomic E-state index is 0.999. The molecule has 1 radical (unpaired) electrons. The number of aromatic nitrogens is 1. The molecule has 0 saturated heterocycles. The molecule has 71 valence electrons. The van der Waals surface area contributed by atoms with Crippen LogP contribution in [0.5, 0.6) is 0 Å². The average Bonchev–Trinajstić information content (AvgIpc) is 2.74. The minimum Gasteiger partial charge on any atom is -0.255 e. The predicted molar refractivity (Wildman–Crippen MR) is 63.9 cm³/mol. The smallest absolute Gasteiger partial charge is 0.0808 e. The Morgan fingerprint density at radius 3 is 2.67 bits per heavy atom. The standard InChI is InChI=1S/C13H8NS/c1-2-7-12-10(5-1)9-13(15-12)11-6-3-4-8-14-11/h1-8H. The first kappa shape index (κ1) is 8.62. The highest BCUT2D eigenvalue weighted by Crippen LogP contribution is 2.31. The van der Waals surface area contributed by atoms with Crippen LogP contribution in [0.15, 0.2) is 48.7 Å². The molecule has 0 unspecified atom stereocenters. The van der Waals surface area contributed by atoms with E-state index in [1.807, 2.05) is 30.5 Å². The van der Waals surface area contributed by atoms with Crippen molar-refractivity contribution in [3.05, 3.63) is 54.7 Å². The second-order valence-electron chi connectivity index (χ2n) is 3.27. The fourth-order valence-electron chi connectivity index (χ4n) is 1.53. The topological polar surface area (TPSA) is 12.9 Å². The first-order chi connectivity index (χ1) is 7.43. The van der Waals surface area contributed by atoms with Crippen LogP contribution in [0.3, 0.4) is 0 Å². The van der Waals surface area contributed by atoms with E-state index in [4.69, 9.17) is 0 Å². The zero-order chi connectivity index (χ0) is 10.1. The van der Waals surface area contributed by atoms with Gasteiger partial charge in [0.05, 0.1) is 10.6 Å². The second kappa shape index (κ2) is 3.48. The summed E-state index contributed by atoms with van der Waals surface area (Å²) in [7, 11) is 0. The summed E-state index contributed by atoms with van der Waals surface area (Å²) in [5.41, 5.74) is 0.999. The Kier molecular flexibility index (Phi) is 2.00. The maximum Gasteiger partial charge on any atom is 0.0808 e. The molecule has 2 heteroatoms. The molecule has 1 nitrogen and oxygen atoms in total. The SMILES string of the molecule is [c]1c(-c2ccccn2)sc2ccccc12. The largest absolute Gasteiger partial charge is 0.255 e. The van der Waals surface area contributed by atoms with Gasteiger partial charge in [0, 0.05) is 22.3 Å². The van der Waals surface area contributed by atoms with E-state index in [1.165, 1.54) is 10.1 Å². The monoisotopic (exact) mass is 210 g/mol. The molecule has 0 amide bonds. The van der Waals surface area contributed by atoms with Crippen LogP contribution in [-0.2, 0) is 0 Å². The van der Waals surface area contributed by atoms with Gasteiger partial charge in [-0.1, -0.05) is 24.3 Å². The summed E-state index contributed by atoms with van der Waals surface area (Å²) in [5, 5.41) is 1.17. The zero-order valence-electron chi connectivity index (χ0n) is 7.97. The van der Waals surface area contributed by atoms with Crippen molar-refractivity contribution < 1.29 is 0 Å². The summed E-state index contributed by atoms with van der Waals surface area (Å²) in [5.74, 6) is 0. The molecule has 0 aliphatic carbocycles. The van der Waals surface area contributed by atoms with Gasteiger partial charge in [-0.2, -0.15) is 0 Å². The van der Waals surface area contributed by atoms with Crippen molar-refractivity contribution in [1.82, 2.24) is 4.98 Å². The van der Waals surface area contributed by atoms with Gasteiger partial charge in [0.15, 0.2) is 0 Å². The van der Waals surface area contributed by atoms with Crippen molar-refractivity contribution in [2.75, 3.05) is 0 Å². The van der Waals surface area contributed by atoms with E-state index < -0.39 is 0 Å². The number of thiophene rings is 1. The Balaban J connectivity index is 2.21. The first-order valence-corrected chi connectivity index (χ1v) is 5.57. The third-order valence-corrected chi connectivity index (χ3v) is 3.34. The molecule has 0 spiro atoms. The maximum atomic E-state index is 4.32. The van der Waals surface area contributed by atoms with E-state index in [2.05, 4.69) is 29.2 Å². The molecule has 0 aliphatic heterocycles. The van der Waals surface area contributed by atoms with Crippen molar-refractivity contribution in [2.24, 2.45) is 0 Å². The van der Waals surface area contributed by atoms with E-state index in [0.29, 0.717) is 0 Å². The van der Waals surface area contributed by atoms with Crippen molar-refractivity contribution in [3.8, 4) is 10.6 Å². The Morgan fingerprint density at radius 2 is 1.87 bits per heavy atom. The molecule has 2 aromatic heterocycles. The van der Waals surface area contributed by atoms with Crippen LogP contribution in [0.2, 0.25) is 0 Å². The van der Waals surface area contributed by atoms with Gasteiger partial charge >= 0.3 is 0 Å². The van der Waals surface area contributed by atoms with Gasteiger partial charge in [0.25, 0.3) is 0 Å².